The Kier molecular flexibility index (Phi) is 9.25. The second-order valence-electron chi connectivity index (χ2n) is 16.0. The molecule has 4 aliphatic carbocycles. The molecule has 0 spiro atoms. The number of benzene rings is 6. The van der Waals surface area contributed by atoms with Crippen molar-refractivity contribution in [3.05, 3.63) is 230 Å². The lowest BCUT2D eigenvalue weighted by Gasteiger charge is -2.45. The van der Waals surface area contributed by atoms with E-state index in [0.717, 1.165) is 12.8 Å². The minimum absolute atomic E-state index is 0.357. The maximum Gasteiger partial charge on any atom is -0.00896 e. The van der Waals surface area contributed by atoms with Crippen molar-refractivity contribution in [1.82, 2.24) is 0 Å². The van der Waals surface area contributed by atoms with Crippen LogP contribution in [0.2, 0.25) is 0 Å². The zero-order valence-electron chi connectivity index (χ0n) is 31.7. The van der Waals surface area contributed by atoms with Crippen LogP contribution in [0.5, 0.6) is 0 Å². The highest BCUT2D eigenvalue weighted by molar-refractivity contribution is 5.82. The van der Waals surface area contributed by atoms with Crippen molar-refractivity contribution in [3.63, 3.8) is 0 Å². The summed E-state index contributed by atoms with van der Waals surface area (Å²) in [6, 6.07) is 58.1. The molecule has 0 nitrogen and oxygen atoms in total. The van der Waals surface area contributed by atoms with Crippen molar-refractivity contribution < 1.29 is 0 Å². The third-order valence-electron chi connectivity index (χ3n) is 12.7. The van der Waals surface area contributed by atoms with Gasteiger partial charge in [0.05, 0.1) is 0 Å². The molecule has 0 saturated carbocycles. The van der Waals surface area contributed by atoms with Gasteiger partial charge in [0.1, 0.15) is 0 Å². The van der Waals surface area contributed by atoms with Crippen LogP contribution in [0.3, 0.4) is 0 Å². The summed E-state index contributed by atoms with van der Waals surface area (Å²) in [7, 11) is 0. The van der Waals surface area contributed by atoms with E-state index in [1.165, 1.54) is 66.8 Å². The molecule has 4 aliphatic rings. The minimum Gasteiger partial charge on any atom is -0.0805 e. The van der Waals surface area contributed by atoms with Gasteiger partial charge < -0.3 is 0 Å². The van der Waals surface area contributed by atoms with Crippen LogP contribution in [0.25, 0.3) is 55.7 Å². The van der Waals surface area contributed by atoms with Gasteiger partial charge in [0.15, 0.2) is 0 Å². The Morgan fingerprint density at radius 2 is 0.554 bits per heavy atom. The molecule has 0 saturated heterocycles. The average molecular weight is 719 g/mol. The van der Waals surface area contributed by atoms with Crippen LogP contribution in [-0.4, -0.2) is 0 Å². The molecular weight excluding hydrogens is 673 g/mol. The van der Waals surface area contributed by atoms with E-state index in [9.17, 15) is 0 Å². The van der Waals surface area contributed by atoms with Gasteiger partial charge in [-0.1, -0.05) is 182 Å². The second kappa shape index (κ2) is 15.1. The van der Waals surface area contributed by atoms with E-state index in [-0.39, 0.29) is 0 Å². The predicted octanol–water partition coefficient (Wildman–Crippen LogP) is 14.6. The largest absolute Gasteiger partial charge is 0.0805 e. The highest BCUT2D eigenvalue weighted by atomic mass is 14.5. The highest BCUT2D eigenvalue weighted by Gasteiger charge is 2.42. The normalized spacial score (nSPS) is 23.5. The fourth-order valence-electron chi connectivity index (χ4n) is 9.89. The maximum atomic E-state index is 2.70. The monoisotopic (exact) mass is 718 g/mol. The van der Waals surface area contributed by atoms with Crippen LogP contribution >= 0.6 is 0 Å². The summed E-state index contributed by atoms with van der Waals surface area (Å²) < 4.78 is 0. The van der Waals surface area contributed by atoms with Gasteiger partial charge in [-0.05, 0) is 152 Å². The Morgan fingerprint density at radius 3 is 0.875 bits per heavy atom. The zero-order valence-corrected chi connectivity index (χ0v) is 31.7. The Morgan fingerprint density at radius 1 is 0.268 bits per heavy atom. The fourth-order valence-corrected chi connectivity index (χ4v) is 9.89. The topological polar surface area (TPSA) is 0 Å². The van der Waals surface area contributed by atoms with Crippen molar-refractivity contribution in [2.24, 2.45) is 35.5 Å². The van der Waals surface area contributed by atoms with E-state index < -0.39 is 0 Å². The summed E-state index contributed by atoms with van der Waals surface area (Å²) in [6.45, 7) is 0. The lowest BCUT2D eigenvalue weighted by atomic mass is 9.59. The standard InChI is InChI=1S/C56H46/c1-5-17-39(18-6-1)45-31-46(40-19-7-2-8-20-40)34-49(33-45)51-29-43-25-13-15-27-53(43)55(37-51)56-38-52(30-44-26-14-16-28-54(44)56)50-35-47(41-21-9-3-10-22-41)32-48(36-50)42-23-11-4-12-24-42/h1-28,31-38,43-44,53-56H,29-30H2/t43?,44?,53?,54?,55-,56-/m1/s1. The van der Waals surface area contributed by atoms with E-state index in [4.69, 9.17) is 0 Å². The number of hydrogen-bond acceptors (Lipinski definition) is 0. The Bertz CT molecular complexity index is 2230. The molecule has 6 atom stereocenters. The van der Waals surface area contributed by atoms with E-state index >= 15 is 0 Å². The molecule has 0 amide bonds. The van der Waals surface area contributed by atoms with Gasteiger partial charge >= 0.3 is 0 Å². The first kappa shape index (κ1) is 34.3. The molecule has 4 unspecified atom stereocenters. The molecule has 6 aromatic rings. The smallest absolute Gasteiger partial charge is 0.00896 e. The Labute approximate surface area is 332 Å². The molecule has 0 aliphatic heterocycles. The lowest BCUT2D eigenvalue weighted by Crippen LogP contribution is -2.37. The molecule has 0 bridgehead atoms. The molecule has 0 aromatic heterocycles. The van der Waals surface area contributed by atoms with Crippen molar-refractivity contribution >= 4 is 11.1 Å². The van der Waals surface area contributed by atoms with Gasteiger partial charge in [-0.2, -0.15) is 0 Å². The van der Waals surface area contributed by atoms with Gasteiger partial charge in [-0.3, -0.25) is 0 Å². The molecule has 10 rings (SSSR count). The van der Waals surface area contributed by atoms with Gasteiger partial charge in [0, 0.05) is 0 Å². The Hall–Kier alpha value is -6.24. The van der Waals surface area contributed by atoms with Crippen LogP contribution in [0.15, 0.2) is 218 Å². The summed E-state index contributed by atoms with van der Waals surface area (Å²) in [6.07, 6.45) is 26.7. The second-order valence-corrected chi connectivity index (χ2v) is 16.0. The minimum atomic E-state index is 0.357. The number of rotatable bonds is 7. The third kappa shape index (κ3) is 6.82. The first-order valence-electron chi connectivity index (χ1n) is 20.4. The third-order valence-corrected chi connectivity index (χ3v) is 12.7. The van der Waals surface area contributed by atoms with E-state index in [1.807, 2.05) is 0 Å². The van der Waals surface area contributed by atoms with Crippen molar-refractivity contribution in [2.45, 2.75) is 12.8 Å². The van der Waals surface area contributed by atoms with Crippen LogP contribution in [0.1, 0.15) is 24.0 Å². The molecule has 0 heterocycles. The lowest BCUT2D eigenvalue weighted by molar-refractivity contribution is 0.222. The van der Waals surface area contributed by atoms with Crippen molar-refractivity contribution in [1.29, 1.82) is 0 Å². The van der Waals surface area contributed by atoms with Crippen LogP contribution in [0.4, 0.5) is 0 Å². The van der Waals surface area contributed by atoms with Crippen molar-refractivity contribution in [2.75, 3.05) is 0 Å². The summed E-state index contributed by atoms with van der Waals surface area (Å²) >= 11 is 0. The quantitative estimate of drug-likeness (QED) is 0.154. The summed E-state index contributed by atoms with van der Waals surface area (Å²) in [5.41, 5.74) is 15.7. The fraction of sp³-hybridized carbons (Fsp3) is 0.143. The summed E-state index contributed by atoms with van der Waals surface area (Å²) in [5.74, 6) is 2.52. The molecular formula is C56H46. The van der Waals surface area contributed by atoms with Crippen LogP contribution in [-0.2, 0) is 0 Å². The predicted molar refractivity (Wildman–Crippen MR) is 237 cm³/mol. The van der Waals surface area contributed by atoms with Gasteiger partial charge in [-0.15, -0.1) is 0 Å². The first-order chi connectivity index (χ1) is 27.7. The van der Waals surface area contributed by atoms with Gasteiger partial charge in [0.2, 0.25) is 0 Å². The molecule has 0 radical (unpaired) electrons. The van der Waals surface area contributed by atoms with E-state index in [2.05, 4.69) is 218 Å². The van der Waals surface area contributed by atoms with Crippen molar-refractivity contribution in [3.8, 4) is 44.5 Å². The molecule has 6 aromatic carbocycles. The first-order valence-corrected chi connectivity index (χ1v) is 20.4. The van der Waals surface area contributed by atoms with Gasteiger partial charge in [0.25, 0.3) is 0 Å². The highest BCUT2D eigenvalue weighted by Crippen LogP contribution is 2.52. The summed E-state index contributed by atoms with van der Waals surface area (Å²) in [4.78, 5) is 0. The van der Waals surface area contributed by atoms with Crippen LogP contribution in [0, 0.1) is 35.5 Å². The zero-order chi connectivity index (χ0) is 37.3. The molecule has 56 heavy (non-hydrogen) atoms. The number of hydrogen-bond donors (Lipinski definition) is 0. The van der Waals surface area contributed by atoms with E-state index in [0.29, 0.717) is 35.5 Å². The van der Waals surface area contributed by atoms with Gasteiger partial charge in [-0.25, -0.2) is 0 Å². The Balaban J connectivity index is 1.12. The molecule has 0 N–H and O–H groups in total. The average Bonchev–Trinajstić information content (AvgIpc) is 3.29. The molecule has 0 fully saturated rings. The summed E-state index contributed by atoms with van der Waals surface area (Å²) in [5, 5.41) is 0. The SMILES string of the molecule is C1=CC2CC(c3cc(-c4ccccc4)cc(-c4ccccc4)c3)=C[C@@H]([C@@H]3C=C(c4cc(-c5ccccc5)cc(-c5ccccc5)c4)CC4C=CC=CC43)C2C=C1. The maximum absolute atomic E-state index is 2.70. The van der Waals surface area contributed by atoms with E-state index in [1.54, 1.807) is 0 Å². The molecule has 0 heteroatoms. The van der Waals surface area contributed by atoms with Crippen LogP contribution < -0.4 is 0 Å². The molecule has 270 valence electrons. The number of allylic oxidation sites excluding steroid dienone is 12. The number of fused-ring (bicyclic) bond motifs is 2.